The predicted molar refractivity (Wildman–Crippen MR) is 97.0 cm³/mol. The van der Waals surface area contributed by atoms with E-state index in [0.717, 1.165) is 22.4 Å². The number of H-pyrrole nitrogens is 1. The molecule has 3 aromatic heterocycles. The van der Waals surface area contributed by atoms with E-state index in [2.05, 4.69) is 25.6 Å². The van der Waals surface area contributed by atoms with Gasteiger partial charge in [0.25, 0.3) is 0 Å². The van der Waals surface area contributed by atoms with E-state index < -0.39 is 0 Å². The Balaban J connectivity index is 1.69. The minimum atomic E-state index is -0.152. The van der Waals surface area contributed by atoms with Gasteiger partial charge in [-0.1, -0.05) is 18.2 Å². The summed E-state index contributed by atoms with van der Waals surface area (Å²) in [4.78, 5) is 16.6. The molecule has 0 aliphatic rings. The number of aromatic amines is 1. The van der Waals surface area contributed by atoms with Gasteiger partial charge >= 0.3 is 0 Å². The smallest absolute Gasteiger partial charge is 0.250 e. The van der Waals surface area contributed by atoms with Crippen LogP contribution < -0.4 is 15.8 Å². The largest absolute Gasteiger partial charge is 0.377 e. The first-order valence-electron chi connectivity index (χ1n) is 7.86. The normalized spacial score (nSPS) is 11.1. The Hall–Kier alpha value is -3.42. The Kier molecular flexibility index (Phi) is 3.57. The Morgan fingerprint density at radius 2 is 2.00 bits per heavy atom. The molecule has 8 nitrogen and oxygen atoms in total. The molecule has 0 aliphatic heterocycles. The van der Waals surface area contributed by atoms with Gasteiger partial charge < -0.3 is 15.2 Å². The van der Waals surface area contributed by atoms with Crippen LogP contribution in [0, 0.1) is 0 Å². The second-order valence-electron chi connectivity index (χ2n) is 5.92. The van der Waals surface area contributed by atoms with E-state index in [4.69, 9.17) is 0 Å². The topological polar surface area (TPSA) is 91.2 Å². The van der Waals surface area contributed by atoms with Crippen LogP contribution >= 0.6 is 0 Å². The molecule has 0 aliphatic carbocycles. The van der Waals surface area contributed by atoms with E-state index in [1.807, 2.05) is 55.4 Å². The third-order valence-corrected chi connectivity index (χ3v) is 3.96. The average Bonchev–Trinajstić information content (AvgIpc) is 3.01. The first-order chi connectivity index (χ1) is 12.1. The molecule has 3 heterocycles. The van der Waals surface area contributed by atoms with E-state index in [9.17, 15) is 4.79 Å². The van der Waals surface area contributed by atoms with Crippen molar-refractivity contribution < 1.29 is 0 Å². The van der Waals surface area contributed by atoms with E-state index in [-0.39, 0.29) is 5.56 Å². The van der Waals surface area contributed by atoms with Crippen molar-refractivity contribution in [3.05, 3.63) is 58.6 Å². The lowest BCUT2D eigenvalue weighted by molar-refractivity contribution is 0.818. The van der Waals surface area contributed by atoms with Crippen LogP contribution in [0.4, 0.5) is 11.5 Å². The summed E-state index contributed by atoms with van der Waals surface area (Å²) in [5.74, 6) is 1.48. The van der Waals surface area contributed by atoms with E-state index in [1.165, 1.54) is 0 Å². The van der Waals surface area contributed by atoms with Gasteiger partial charge in [-0.3, -0.25) is 4.79 Å². The number of fused-ring (bicyclic) bond motifs is 2. The number of para-hydroxylation sites is 1. The van der Waals surface area contributed by atoms with Gasteiger partial charge in [-0.25, -0.2) is 0 Å². The van der Waals surface area contributed by atoms with Crippen LogP contribution in [0.15, 0.2) is 47.3 Å². The predicted octanol–water partition coefficient (Wildman–Crippen LogP) is 1.64. The molecule has 0 spiro atoms. The van der Waals surface area contributed by atoms with Crippen LogP contribution in [-0.4, -0.2) is 38.9 Å². The molecular formula is C17H17N7O. The van der Waals surface area contributed by atoms with Gasteiger partial charge in [-0.05, 0) is 18.2 Å². The summed E-state index contributed by atoms with van der Waals surface area (Å²) >= 11 is 0. The highest BCUT2D eigenvalue weighted by molar-refractivity contribution is 5.90. The third-order valence-electron chi connectivity index (χ3n) is 3.96. The molecule has 126 valence electrons. The van der Waals surface area contributed by atoms with Crippen LogP contribution in [0.1, 0.15) is 5.82 Å². The number of rotatable bonds is 4. The highest BCUT2D eigenvalue weighted by atomic mass is 16.1. The summed E-state index contributed by atoms with van der Waals surface area (Å²) < 4.78 is 1.71. The number of nitrogens with zero attached hydrogens (tertiary/aromatic N) is 5. The zero-order valence-corrected chi connectivity index (χ0v) is 13.9. The molecule has 4 rings (SSSR count). The van der Waals surface area contributed by atoms with Gasteiger partial charge in [0.1, 0.15) is 5.82 Å². The maximum Gasteiger partial charge on any atom is 0.250 e. The number of benzene rings is 1. The standard InChI is InChI=1S/C17H17N7O/c1-23(2)15-8-7-14-20-21-16(24(14)22-15)10-18-13-9-17(25)19-12-6-4-3-5-11(12)13/h3-9H,10H2,1-2H3,(H2,18,19,25). The molecule has 0 radical (unpaired) electrons. The number of aromatic nitrogens is 5. The molecule has 0 amide bonds. The Morgan fingerprint density at radius 3 is 2.84 bits per heavy atom. The summed E-state index contributed by atoms with van der Waals surface area (Å²) in [5.41, 5.74) is 2.06. The maximum absolute atomic E-state index is 11.9. The zero-order chi connectivity index (χ0) is 17.4. The van der Waals surface area contributed by atoms with Gasteiger partial charge in [-0.2, -0.15) is 4.52 Å². The number of anilines is 2. The van der Waals surface area contributed by atoms with Gasteiger partial charge in [-0.15, -0.1) is 15.3 Å². The second kappa shape index (κ2) is 5.90. The van der Waals surface area contributed by atoms with Gasteiger partial charge in [0.15, 0.2) is 11.5 Å². The molecule has 0 fully saturated rings. The Morgan fingerprint density at radius 1 is 1.16 bits per heavy atom. The third kappa shape index (κ3) is 2.78. The molecule has 0 saturated heterocycles. The van der Waals surface area contributed by atoms with Crippen molar-refractivity contribution in [3.8, 4) is 0 Å². The molecule has 2 N–H and O–H groups in total. The molecule has 25 heavy (non-hydrogen) atoms. The quantitative estimate of drug-likeness (QED) is 0.589. The Labute approximate surface area is 143 Å². The highest BCUT2D eigenvalue weighted by Crippen LogP contribution is 2.20. The summed E-state index contributed by atoms with van der Waals surface area (Å²) in [7, 11) is 3.86. The summed E-state index contributed by atoms with van der Waals surface area (Å²) in [6.45, 7) is 0.401. The lowest BCUT2D eigenvalue weighted by atomic mass is 10.2. The molecule has 1 aromatic carbocycles. The number of nitrogens with one attached hydrogen (secondary N) is 2. The van der Waals surface area contributed by atoms with Crippen molar-refractivity contribution in [2.24, 2.45) is 0 Å². The van der Waals surface area contributed by atoms with Crippen molar-refractivity contribution in [1.29, 1.82) is 0 Å². The van der Waals surface area contributed by atoms with Gasteiger partial charge in [0.2, 0.25) is 5.56 Å². The average molecular weight is 335 g/mol. The molecule has 0 unspecified atom stereocenters. The molecule has 4 aromatic rings. The van der Waals surface area contributed by atoms with E-state index in [1.54, 1.807) is 10.6 Å². The first-order valence-corrected chi connectivity index (χ1v) is 7.86. The van der Waals surface area contributed by atoms with Crippen molar-refractivity contribution in [2.45, 2.75) is 6.54 Å². The van der Waals surface area contributed by atoms with Crippen LogP contribution in [0.3, 0.4) is 0 Å². The number of pyridine rings is 1. The molecular weight excluding hydrogens is 318 g/mol. The van der Waals surface area contributed by atoms with Crippen molar-refractivity contribution in [1.82, 2.24) is 24.8 Å². The fourth-order valence-corrected chi connectivity index (χ4v) is 2.70. The SMILES string of the molecule is CN(C)c1ccc2nnc(CNc3cc(=O)[nH]c4ccccc34)n2n1. The maximum atomic E-state index is 11.9. The molecule has 8 heteroatoms. The summed E-state index contributed by atoms with van der Waals surface area (Å²) in [6, 6.07) is 13.0. The molecule has 0 saturated carbocycles. The van der Waals surface area contributed by atoms with Crippen LogP contribution in [0.25, 0.3) is 16.6 Å². The van der Waals surface area contributed by atoms with E-state index >= 15 is 0 Å². The molecule has 0 atom stereocenters. The number of hydrogen-bond acceptors (Lipinski definition) is 6. The first kappa shape index (κ1) is 15.1. The summed E-state index contributed by atoms with van der Waals surface area (Å²) in [6.07, 6.45) is 0. The second-order valence-corrected chi connectivity index (χ2v) is 5.92. The minimum Gasteiger partial charge on any atom is -0.377 e. The van der Waals surface area contributed by atoms with Crippen LogP contribution in [-0.2, 0) is 6.54 Å². The van der Waals surface area contributed by atoms with Crippen LogP contribution in [0.5, 0.6) is 0 Å². The summed E-state index contributed by atoms with van der Waals surface area (Å²) in [5, 5.41) is 17.1. The lowest BCUT2D eigenvalue weighted by Crippen LogP contribution is -2.14. The fourth-order valence-electron chi connectivity index (χ4n) is 2.70. The monoisotopic (exact) mass is 335 g/mol. The number of hydrogen-bond donors (Lipinski definition) is 2. The van der Waals surface area contributed by atoms with Crippen molar-refractivity contribution in [3.63, 3.8) is 0 Å². The highest BCUT2D eigenvalue weighted by Gasteiger charge is 2.10. The van der Waals surface area contributed by atoms with Crippen molar-refractivity contribution >= 4 is 28.1 Å². The fraction of sp³-hybridized carbons (Fsp3) is 0.176. The zero-order valence-electron chi connectivity index (χ0n) is 13.9. The van der Waals surface area contributed by atoms with Crippen molar-refractivity contribution in [2.75, 3.05) is 24.3 Å². The van der Waals surface area contributed by atoms with Crippen LogP contribution in [0.2, 0.25) is 0 Å². The van der Waals surface area contributed by atoms with Gasteiger partial charge in [0.05, 0.1) is 12.1 Å². The minimum absolute atomic E-state index is 0.152. The Bertz CT molecular complexity index is 1110. The lowest BCUT2D eigenvalue weighted by Gasteiger charge is -2.11. The van der Waals surface area contributed by atoms with Gasteiger partial charge in [0, 0.05) is 31.2 Å². The van der Waals surface area contributed by atoms with E-state index in [0.29, 0.717) is 18.0 Å². The molecule has 0 bridgehead atoms.